The number of aromatic nitrogens is 2. The van der Waals surface area contributed by atoms with Gasteiger partial charge in [0.25, 0.3) is 5.91 Å². The topological polar surface area (TPSA) is 67.2 Å². The number of imidazole rings is 1. The van der Waals surface area contributed by atoms with Crippen molar-refractivity contribution in [3.8, 4) is 5.75 Å². The van der Waals surface area contributed by atoms with E-state index < -0.39 is 11.6 Å². The standard InChI is InChI=1S/C14H16FN3O2/c1-2-11(8-18-6-5-16-9-18)17-14(20)10-3-4-12(15)13(19)7-10/h3-7,9,11,19H,2,8H2,1H3,(H,17,20)/t11-/m0/s1. The highest BCUT2D eigenvalue weighted by Gasteiger charge is 2.14. The Morgan fingerprint density at radius 2 is 2.35 bits per heavy atom. The smallest absolute Gasteiger partial charge is 0.251 e. The lowest BCUT2D eigenvalue weighted by atomic mass is 10.1. The van der Waals surface area contributed by atoms with Gasteiger partial charge in [0.15, 0.2) is 11.6 Å². The zero-order valence-electron chi connectivity index (χ0n) is 11.1. The highest BCUT2D eigenvalue weighted by Crippen LogP contribution is 2.16. The molecule has 0 bridgehead atoms. The minimum absolute atomic E-state index is 0.0658. The van der Waals surface area contributed by atoms with E-state index in [1.54, 1.807) is 12.5 Å². The van der Waals surface area contributed by atoms with Gasteiger partial charge in [-0.25, -0.2) is 9.37 Å². The Balaban J connectivity index is 2.03. The number of halogens is 1. The summed E-state index contributed by atoms with van der Waals surface area (Å²) in [4.78, 5) is 16.0. The molecule has 5 nitrogen and oxygen atoms in total. The Morgan fingerprint density at radius 3 is 2.95 bits per heavy atom. The molecule has 2 rings (SSSR count). The van der Waals surface area contributed by atoms with Gasteiger partial charge >= 0.3 is 0 Å². The van der Waals surface area contributed by atoms with Gasteiger partial charge in [-0.1, -0.05) is 6.92 Å². The molecular formula is C14H16FN3O2. The molecule has 2 aromatic rings. The molecular weight excluding hydrogens is 261 g/mol. The van der Waals surface area contributed by atoms with Crippen molar-refractivity contribution in [1.82, 2.24) is 14.9 Å². The van der Waals surface area contributed by atoms with Crippen molar-refractivity contribution in [3.63, 3.8) is 0 Å². The monoisotopic (exact) mass is 277 g/mol. The fourth-order valence-electron chi connectivity index (χ4n) is 1.85. The number of carbonyl (C=O) groups is 1. The number of nitrogens with zero attached hydrogens (tertiary/aromatic N) is 2. The largest absolute Gasteiger partial charge is 0.505 e. The van der Waals surface area contributed by atoms with Crippen LogP contribution < -0.4 is 5.32 Å². The van der Waals surface area contributed by atoms with Crippen molar-refractivity contribution in [1.29, 1.82) is 0 Å². The number of aromatic hydroxyl groups is 1. The van der Waals surface area contributed by atoms with Crippen molar-refractivity contribution in [3.05, 3.63) is 48.3 Å². The lowest BCUT2D eigenvalue weighted by molar-refractivity contribution is 0.0931. The van der Waals surface area contributed by atoms with E-state index in [9.17, 15) is 14.3 Å². The molecule has 0 aliphatic carbocycles. The van der Waals surface area contributed by atoms with Gasteiger partial charge in [0.2, 0.25) is 0 Å². The molecule has 1 amide bonds. The first kappa shape index (κ1) is 14.0. The van der Waals surface area contributed by atoms with Crippen LogP contribution in [0.1, 0.15) is 23.7 Å². The molecule has 1 heterocycles. The second-order valence-corrected chi connectivity index (χ2v) is 4.50. The van der Waals surface area contributed by atoms with Crippen molar-refractivity contribution in [2.45, 2.75) is 25.9 Å². The van der Waals surface area contributed by atoms with Gasteiger partial charge in [0.05, 0.1) is 6.33 Å². The van der Waals surface area contributed by atoms with Crippen LogP contribution >= 0.6 is 0 Å². The van der Waals surface area contributed by atoms with Crippen LogP contribution in [0.25, 0.3) is 0 Å². The highest BCUT2D eigenvalue weighted by atomic mass is 19.1. The Hall–Kier alpha value is -2.37. The van der Waals surface area contributed by atoms with Crippen molar-refractivity contribution < 1.29 is 14.3 Å². The van der Waals surface area contributed by atoms with Gasteiger partial charge in [-0.3, -0.25) is 4.79 Å². The maximum absolute atomic E-state index is 13.0. The third kappa shape index (κ3) is 3.34. The van der Waals surface area contributed by atoms with E-state index in [2.05, 4.69) is 10.3 Å². The number of amides is 1. The predicted molar refractivity (Wildman–Crippen MR) is 71.8 cm³/mol. The minimum Gasteiger partial charge on any atom is -0.505 e. The normalized spacial score (nSPS) is 12.1. The summed E-state index contributed by atoms with van der Waals surface area (Å²) in [6.07, 6.45) is 5.92. The maximum Gasteiger partial charge on any atom is 0.251 e. The number of rotatable bonds is 5. The molecule has 20 heavy (non-hydrogen) atoms. The molecule has 0 saturated carbocycles. The van der Waals surface area contributed by atoms with E-state index in [-0.39, 0.29) is 17.5 Å². The number of hydrogen-bond donors (Lipinski definition) is 2. The number of nitrogens with one attached hydrogen (secondary N) is 1. The molecule has 1 aromatic carbocycles. The van der Waals surface area contributed by atoms with Gasteiger partial charge < -0.3 is 15.0 Å². The lowest BCUT2D eigenvalue weighted by Gasteiger charge is -2.17. The van der Waals surface area contributed by atoms with Crippen LogP contribution in [0.3, 0.4) is 0 Å². The zero-order chi connectivity index (χ0) is 14.5. The average Bonchev–Trinajstić information content (AvgIpc) is 2.93. The summed E-state index contributed by atoms with van der Waals surface area (Å²) in [5.41, 5.74) is 0.230. The summed E-state index contributed by atoms with van der Waals surface area (Å²) < 4.78 is 14.8. The van der Waals surface area contributed by atoms with Gasteiger partial charge in [-0.15, -0.1) is 0 Å². The molecule has 0 radical (unpaired) electrons. The number of phenols is 1. The van der Waals surface area contributed by atoms with Crippen LogP contribution in [0.5, 0.6) is 5.75 Å². The van der Waals surface area contributed by atoms with E-state index in [0.717, 1.165) is 18.6 Å². The summed E-state index contributed by atoms with van der Waals surface area (Å²) in [5, 5.41) is 12.1. The molecule has 106 valence electrons. The maximum atomic E-state index is 13.0. The first-order valence-corrected chi connectivity index (χ1v) is 6.35. The third-order valence-corrected chi connectivity index (χ3v) is 3.03. The van der Waals surface area contributed by atoms with Crippen LogP contribution in [-0.2, 0) is 6.54 Å². The van der Waals surface area contributed by atoms with Crippen LogP contribution in [0.2, 0.25) is 0 Å². The Bertz CT molecular complexity index is 584. The number of phenolic OH excluding ortho intramolecular Hbond substituents is 1. The molecule has 2 N–H and O–H groups in total. The fraction of sp³-hybridized carbons (Fsp3) is 0.286. The van der Waals surface area contributed by atoms with Gasteiger partial charge in [0.1, 0.15) is 0 Å². The first-order chi connectivity index (χ1) is 9.60. The minimum atomic E-state index is -0.744. The average molecular weight is 277 g/mol. The summed E-state index contributed by atoms with van der Waals surface area (Å²) in [5.74, 6) is -1.61. The van der Waals surface area contributed by atoms with Gasteiger partial charge in [0, 0.05) is 30.5 Å². The molecule has 0 aliphatic heterocycles. The second-order valence-electron chi connectivity index (χ2n) is 4.50. The zero-order valence-corrected chi connectivity index (χ0v) is 11.1. The first-order valence-electron chi connectivity index (χ1n) is 6.35. The summed E-state index contributed by atoms with van der Waals surface area (Å²) >= 11 is 0. The molecule has 0 spiro atoms. The van der Waals surface area contributed by atoms with E-state index in [4.69, 9.17) is 0 Å². The fourth-order valence-corrected chi connectivity index (χ4v) is 1.85. The SMILES string of the molecule is CC[C@@H](Cn1ccnc1)NC(=O)c1ccc(F)c(O)c1. The highest BCUT2D eigenvalue weighted by molar-refractivity contribution is 5.94. The quantitative estimate of drug-likeness (QED) is 0.877. The molecule has 0 saturated heterocycles. The van der Waals surface area contributed by atoms with E-state index in [1.165, 1.54) is 6.07 Å². The molecule has 1 aromatic heterocycles. The van der Waals surface area contributed by atoms with E-state index in [0.29, 0.717) is 6.54 Å². The molecule has 1 atom stereocenters. The summed E-state index contributed by atoms with van der Waals surface area (Å²) in [7, 11) is 0. The third-order valence-electron chi connectivity index (χ3n) is 3.03. The number of carbonyl (C=O) groups excluding carboxylic acids is 1. The van der Waals surface area contributed by atoms with Crippen molar-refractivity contribution in [2.24, 2.45) is 0 Å². The van der Waals surface area contributed by atoms with E-state index in [1.807, 2.05) is 17.7 Å². The second kappa shape index (κ2) is 6.18. The molecule has 6 heteroatoms. The van der Waals surface area contributed by atoms with Crippen molar-refractivity contribution in [2.75, 3.05) is 0 Å². The van der Waals surface area contributed by atoms with Crippen LogP contribution in [0.4, 0.5) is 4.39 Å². The van der Waals surface area contributed by atoms with Crippen molar-refractivity contribution >= 4 is 5.91 Å². The summed E-state index contributed by atoms with van der Waals surface area (Å²) in [6.45, 7) is 2.57. The number of hydrogen-bond acceptors (Lipinski definition) is 3. The van der Waals surface area contributed by atoms with Crippen LogP contribution in [0.15, 0.2) is 36.9 Å². The molecule has 0 aliphatic rings. The lowest BCUT2D eigenvalue weighted by Crippen LogP contribution is -2.37. The Morgan fingerprint density at radius 1 is 1.55 bits per heavy atom. The number of benzene rings is 1. The Labute approximate surface area is 116 Å². The van der Waals surface area contributed by atoms with Gasteiger partial charge in [-0.2, -0.15) is 0 Å². The predicted octanol–water partition coefficient (Wildman–Crippen LogP) is 1.94. The van der Waals surface area contributed by atoms with Crippen LogP contribution in [0, 0.1) is 5.82 Å². The summed E-state index contributed by atoms with van der Waals surface area (Å²) in [6, 6.07) is 3.47. The van der Waals surface area contributed by atoms with E-state index >= 15 is 0 Å². The molecule has 0 unspecified atom stereocenters. The Kier molecular flexibility index (Phi) is 4.34. The van der Waals surface area contributed by atoms with Gasteiger partial charge in [-0.05, 0) is 24.6 Å². The van der Waals surface area contributed by atoms with Crippen LogP contribution in [-0.4, -0.2) is 26.6 Å². The molecule has 0 fully saturated rings.